The highest BCUT2D eigenvalue weighted by Crippen LogP contribution is 1.97. The summed E-state index contributed by atoms with van der Waals surface area (Å²) in [5, 5.41) is 8.61. The second-order valence-corrected chi connectivity index (χ2v) is 2.13. The van der Waals surface area contributed by atoms with Gasteiger partial charge in [0.05, 0.1) is 5.57 Å². The molecule has 0 bridgehead atoms. The zero-order valence-corrected chi connectivity index (χ0v) is 7.32. The minimum Gasteiger partial charge on any atom is -0.478 e. The van der Waals surface area contributed by atoms with E-state index in [0.29, 0.717) is 0 Å². The molecular formula is C9H13NO2. The second kappa shape index (κ2) is 6.34. The van der Waals surface area contributed by atoms with Gasteiger partial charge in [0.25, 0.3) is 0 Å². The maximum absolute atomic E-state index is 10.5. The summed E-state index contributed by atoms with van der Waals surface area (Å²) in [5.74, 6) is -0.957. The summed E-state index contributed by atoms with van der Waals surface area (Å²) >= 11 is 0. The molecule has 0 aromatic heterocycles. The molecule has 0 atom stereocenters. The van der Waals surface area contributed by atoms with Gasteiger partial charge in [0.15, 0.2) is 0 Å². The average Bonchev–Trinajstić information content (AvgIpc) is 2.03. The number of aliphatic imine (C=N–C) groups is 1. The Balaban J connectivity index is 4.39. The van der Waals surface area contributed by atoms with Crippen molar-refractivity contribution in [3.63, 3.8) is 0 Å². The molecular weight excluding hydrogens is 154 g/mol. The molecule has 0 aliphatic rings. The number of allylic oxidation sites excluding steroid dienone is 1. The topological polar surface area (TPSA) is 49.7 Å². The van der Waals surface area contributed by atoms with Crippen LogP contribution in [0.3, 0.4) is 0 Å². The van der Waals surface area contributed by atoms with Crippen LogP contribution in [0.15, 0.2) is 28.9 Å². The van der Waals surface area contributed by atoms with Crippen LogP contribution in [0.25, 0.3) is 0 Å². The zero-order chi connectivity index (χ0) is 9.40. The fourth-order valence-corrected chi connectivity index (χ4v) is 0.588. The summed E-state index contributed by atoms with van der Waals surface area (Å²) in [4.78, 5) is 14.3. The van der Waals surface area contributed by atoms with E-state index in [1.165, 1.54) is 12.3 Å². The van der Waals surface area contributed by atoms with Crippen LogP contribution in [0.4, 0.5) is 0 Å². The summed E-state index contributed by atoms with van der Waals surface area (Å²) < 4.78 is 0. The van der Waals surface area contributed by atoms with Crippen molar-refractivity contribution in [3.8, 4) is 0 Å². The van der Waals surface area contributed by atoms with Gasteiger partial charge in [0, 0.05) is 12.4 Å². The van der Waals surface area contributed by atoms with Crippen molar-refractivity contribution in [1.82, 2.24) is 0 Å². The van der Waals surface area contributed by atoms with Gasteiger partial charge in [0.1, 0.15) is 0 Å². The maximum Gasteiger partial charge on any atom is 0.337 e. The van der Waals surface area contributed by atoms with Crippen molar-refractivity contribution >= 4 is 12.2 Å². The van der Waals surface area contributed by atoms with Gasteiger partial charge in [0.2, 0.25) is 0 Å². The van der Waals surface area contributed by atoms with Gasteiger partial charge in [-0.25, -0.2) is 4.79 Å². The lowest BCUT2D eigenvalue weighted by atomic mass is 10.3. The minimum absolute atomic E-state index is 0.196. The Labute approximate surface area is 72.1 Å². The summed E-state index contributed by atoms with van der Waals surface area (Å²) in [6.45, 7) is 3.70. The summed E-state index contributed by atoms with van der Waals surface area (Å²) in [6, 6.07) is 0. The number of carboxylic acid groups (broad SMARTS) is 1. The number of nitrogens with zero attached hydrogens (tertiary/aromatic N) is 1. The van der Waals surface area contributed by atoms with E-state index in [0.717, 1.165) is 6.42 Å². The monoisotopic (exact) mass is 167 g/mol. The van der Waals surface area contributed by atoms with Gasteiger partial charge in [-0.1, -0.05) is 19.1 Å². The molecule has 0 aliphatic heterocycles. The van der Waals surface area contributed by atoms with Gasteiger partial charge in [-0.15, -0.1) is 0 Å². The molecule has 0 spiro atoms. The van der Waals surface area contributed by atoms with Crippen LogP contribution in [-0.2, 0) is 4.79 Å². The maximum atomic E-state index is 10.5. The second-order valence-electron chi connectivity index (χ2n) is 2.13. The van der Waals surface area contributed by atoms with Gasteiger partial charge >= 0.3 is 5.97 Å². The van der Waals surface area contributed by atoms with Crippen LogP contribution < -0.4 is 0 Å². The number of rotatable bonds is 4. The molecule has 0 saturated carbocycles. The van der Waals surface area contributed by atoms with E-state index in [2.05, 4.69) is 4.99 Å². The van der Waals surface area contributed by atoms with Crippen molar-refractivity contribution in [2.45, 2.75) is 20.3 Å². The predicted molar refractivity (Wildman–Crippen MR) is 49.3 cm³/mol. The van der Waals surface area contributed by atoms with E-state index in [1.807, 2.05) is 6.92 Å². The number of carbonyl (C=O) groups is 1. The zero-order valence-electron chi connectivity index (χ0n) is 7.32. The van der Waals surface area contributed by atoms with Crippen molar-refractivity contribution in [2.75, 3.05) is 0 Å². The molecule has 0 saturated heterocycles. The van der Waals surface area contributed by atoms with Crippen LogP contribution >= 0.6 is 0 Å². The van der Waals surface area contributed by atoms with Crippen molar-refractivity contribution in [2.24, 2.45) is 4.99 Å². The third-order valence-electron chi connectivity index (χ3n) is 1.09. The first kappa shape index (κ1) is 10.6. The molecule has 0 amide bonds. The molecule has 3 nitrogen and oxygen atoms in total. The molecule has 0 heterocycles. The van der Waals surface area contributed by atoms with Gasteiger partial charge in [-0.05, 0) is 13.3 Å². The number of carboxylic acids is 1. The van der Waals surface area contributed by atoms with E-state index in [-0.39, 0.29) is 5.57 Å². The van der Waals surface area contributed by atoms with Crippen molar-refractivity contribution < 1.29 is 9.90 Å². The Hall–Kier alpha value is -1.38. The largest absolute Gasteiger partial charge is 0.478 e. The summed E-state index contributed by atoms with van der Waals surface area (Å²) in [5.41, 5.74) is 0.196. The van der Waals surface area contributed by atoms with Gasteiger partial charge in [-0.2, -0.15) is 0 Å². The van der Waals surface area contributed by atoms with E-state index >= 15 is 0 Å². The highest BCUT2D eigenvalue weighted by molar-refractivity contribution is 5.89. The highest BCUT2D eigenvalue weighted by atomic mass is 16.4. The van der Waals surface area contributed by atoms with Crippen LogP contribution in [-0.4, -0.2) is 17.3 Å². The number of hydrogen-bond acceptors (Lipinski definition) is 2. The standard InChI is InChI=1S/C9H13NO2/c1-3-5-8(9(11)12)7-10-6-4-2/h3,5-7H,4H2,1-2H3,(H,11,12)/b5-3-,8-7+,10-6-. The Bertz CT molecular complexity index is 227. The first-order chi connectivity index (χ1) is 5.72. The van der Waals surface area contributed by atoms with Gasteiger partial charge < -0.3 is 5.11 Å². The first-order valence-electron chi connectivity index (χ1n) is 3.80. The van der Waals surface area contributed by atoms with E-state index in [9.17, 15) is 4.79 Å². The van der Waals surface area contributed by atoms with Crippen molar-refractivity contribution in [1.29, 1.82) is 0 Å². The Morgan fingerprint density at radius 3 is 2.67 bits per heavy atom. The smallest absolute Gasteiger partial charge is 0.337 e. The SMILES string of the molecule is C\C=C/C(=C\N=C/CC)C(=O)O. The van der Waals surface area contributed by atoms with E-state index in [1.54, 1.807) is 19.2 Å². The van der Waals surface area contributed by atoms with E-state index < -0.39 is 5.97 Å². The lowest BCUT2D eigenvalue weighted by Crippen LogP contribution is -1.96. The minimum atomic E-state index is -0.957. The van der Waals surface area contributed by atoms with Crippen molar-refractivity contribution in [3.05, 3.63) is 23.9 Å². The molecule has 12 heavy (non-hydrogen) atoms. The molecule has 0 aliphatic carbocycles. The quantitative estimate of drug-likeness (QED) is 0.395. The Morgan fingerprint density at radius 1 is 1.58 bits per heavy atom. The molecule has 3 heteroatoms. The lowest BCUT2D eigenvalue weighted by molar-refractivity contribution is -0.132. The van der Waals surface area contributed by atoms with Crippen LogP contribution in [0.5, 0.6) is 0 Å². The lowest BCUT2D eigenvalue weighted by Gasteiger charge is -1.89. The van der Waals surface area contributed by atoms with Crippen LogP contribution in [0, 0.1) is 0 Å². The average molecular weight is 167 g/mol. The Kier molecular flexibility index (Phi) is 5.61. The summed E-state index contributed by atoms with van der Waals surface area (Å²) in [7, 11) is 0. The fourth-order valence-electron chi connectivity index (χ4n) is 0.588. The molecule has 0 aromatic rings. The van der Waals surface area contributed by atoms with E-state index in [4.69, 9.17) is 5.11 Å². The molecule has 0 aromatic carbocycles. The Morgan fingerprint density at radius 2 is 2.25 bits per heavy atom. The molecule has 0 unspecified atom stereocenters. The third-order valence-corrected chi connectivity index (χ3v) is 1.09. The van der Waals surface area contributed by atoms with Gasteiger partial charge in [-0.3, -0.25) is 4.99 Å². The van der Waals surface area contributed by atoms with Crippen LogP contribution in [0.1, 0.15) is 20.3 Å². The third kappa shape index (κ3) is 4.44. The molecule has 0 radical (unpaired) electrons. The fraction of sp³-hybridized carbons (Fsp3) is 0.333. The first-order valence-corrected chi connectivity index (χ1v) is 3.80. The number of hydrogen-bond donors (Lipinski definition) is 1. The molecule has 0 fully saturated rings. The number of aliphatic carboxylic acids is 1. The molecule has 66 valence electrons. The molecule has 1 N–H and O–H groups in total. The predicted octanol–water partition coefficient (Wildman–Crippen LogP) is 2.01. The molecule has 0 rings (SSSR count). The highest BCUT2D eigenvalue weighted by Gasteiger charge is 1.99. The van der Waals surface area contributed by atoms with Crippen LogP contribution in [0.2, 0.25) is 0 Å². The summed E-state index contributed by atoms with van der Waals surface area (Å²) in [6.07, 6.45) is 6.98. The normalized spacial score (nSPS) is 13.0.